The number of hydrogen-bond acceptors (Lipinski definition) is 4. The topological polar surface area (TPSA) is 70.1 Å². The van der Waals surface area contributed by atoms with Crippen molar-refractivity contribution >= 4 is 11.9 Å². The minimum Gasteiger partial charge on any atom is -0.480 e. The van der Waals surface area contributed by atoms with Gasteiger partial charge in [-0.25, -0.2) is 0 Å². The maximum atomic E-state index is 12.2. The van der Waals surface area contributed by atoms with E-state index in [1.807, 2.05) is 25.9 Å². The van der Waals surface area contributed by atoms with Gasteiger partial charge in [0.2, 0.25) is 0 Å². The summed E-state index contributed by atoms with van der Waals surface area (Å²) in [7, 11) is 3.77. The highest BCUT2D eigenvalue weighted by Gasteiger charge is 2.32. The lowest BCUT2D eigenvalue weighted by Crippen LogP contribution is -2.45. The highest BCUT2D eigenvalue weighted by Crippen LogP contribution is 2.20. The van der Waals surface area contributed by atoms with Gasteiger partial charge in [-0.1, -0.05) is 0 Å². The Hall–Kier alpha value is -1.14. The molecule has 1 aliphatic rings. The van der Waals surface area contributed by atoms with Gasteiger partial charge in [0, 0.05) is 13.1 Å². The van der Waals surface area contributed by atoms with Crippen LogP contribution in [0.5, 0.6) is 0 Å². The van der Waals surface area contributed by atoms with E-state index < -0.39 is 12.1 Å². The number of amides is 1. The van der Waals surface area contributed by atoms with Gasteiger partial charge in [0.1, 0.15) is 12.6 Å². The zero-order valence-corrected chi connectivity index (χ0v) is 11.3. The summed E-state index contributed by atoms with van der Waals surface area (Å²) >= 11 is 0. The summed E-state index contributed by atoms with van der Waals surface area (Å²) in [6, 6.07) is 0. The van der Waals surface area contributed by atoms with Crippen molar-refractivity contribution < 1.29 is 19.4 Å². The molecule has 1 rings (SSSR count). The van der Waals surface area contributed by atoms with Crippen molar-refractivity contribution in [3.05, 3.63) is 0 Å². The van der Waals surface area contributed by atoms with E-state index in [4.69, 9.17) is 9.84 Å². The van der Waals surface area contributed by atoms with Crippen molar-refractivity contribution in [1.82, 2.24) is 9.80 Å². The molecule has 1 N–H and O–H groups in total. The second kappa shape index (κ2) is 6.70. The number of aliphatic carboxylic acids is 1. The third-order valence-electron chi connectivity index (χ3n) is 2.96. The monoisotopic (exact) mass is 258 g/mol. The van der Waals surface area contributed by atoms with E-state index >= 15 is 0 Å². The van der Waals surface area contributed by atoms with Crippen molar-refractivity contribution in [1.29, 1.82) is 0 Å². The molecule has 1 amide bonds. The lowest BCUT2D eigenvalue weighted by Gasteiger charge is -2.25. The first-order chi connectivity index (χ1) is 8.40. The van der Waals surface area contributed by atoms with Crippen LogP contribution in [0.25, 0.3) is 0 Å². The van der Waals surface area contributed by atoms with Crippen LogP contribution >= 0.6 is 0 Å². The molecule has 0 spiro atoms. The van der Waals surface area contributed by atoms with Gasteiger partial charge in [-0.3, -0.25) is 9.59 Å². The Morgan fingerprint density at radius 3 is 2.39 bits per heavy atom. The van der Waals surface area contributed by atoms with Gasteiger partial charge in [0.05, 0.1) is 6.10 Å². The second-order valence-electron chi connectivity index (χ2n) is 4.97. The number of nitrogens with zero attached hydrogens (tertiary/aromatic N) is 2. The molecule has 0 aliphatic carbocycles. The number of hydrogen-bond donors (Lipinski definition) is 1. The van der Waals surface area contributed by atoms with Gasteiger partial charge in [0.15, 0.2) is 0 Å². The van der Waals surface area contributed by atoms with Crippen molar-refractivity contribution in [2.24, 2.45) is 0 Å². The molecule has 1 saturated heterocycles. The SMILES string of the molecule is CC1CCC(C(=O)N(CCN(C)C)CC(=O)O)O1. The van der Waals surface area contributed by atoms with Crippen LogP contribution in [0.4, 0.5) is 0 Å². The molecule has 0 radical (unpaired) electrons. The maximum Gasteiger partial charge on any atom is 0.323 e. The summed E-state index contributed by atoms with van der Waals surface area (Å²) in [5, 5.41) is 8.84. The van der Waals surface area contributed by atoms with Crippen molar-refractivity contribution in [2.75, 3.05) is 33.7 Å². The van der Waals surface area contributed by atoms with Crippen LogP contribution in [0, 0.1) is 0 Å². The third-order valence-corrected chi connectivity index (χ3v) is 2.96. The minimum absolute atomic E-state index is 0.0828. The standard InChI is InChI=1S/C12H22N2O4/c1-9-4-5-10(18-9)12(17)14(8-11(15)16)7-6-13(2)3/h9-10H,4-8H2,1-3H3,(H,15,16). The van der Waals surface area contributed by atoms with Crippen LogP contribution in [-0.4, -0.2) is 72.7 Å². The fraction of sp³-hybridized carbons (Fsp3) is 0.833. The Morgan fingerprint density at radius 1 is 1.28 bits per heavy atom. The minimum atomic E-state index is -0.992. The Labute approximate surface area is 107 Å². The van der Waals surface area contributed by atoms with E-state index in [0.717, 1.165) is 6.42 Å². The Kier molecular flexibility index (Phi) is 5.55. The van der Waals surface area contributed by atoms with E-state index in [0.29, 0.717) is 19.5 Å². The van der Waals surface area contributed by atoms with Gasteiger partial charge in [-0.2, -0.15) is 0 Å². The van der Waals surface area contributed by atoms with Crippen molar-refractivity contribution in [3.63, 3.8) is 0 Å². The van der Waals surface area contributed by atoms with Gasteiger partial charge in [-0.05, 0) is 33.9 Å². The van der Waals surface area contributed by atoms with Crippen molar-refractivity contribution in [3.8, 4) is 0 Å². The van der Waals surface area contributed by atoms with Crippen molar-refractivity contribution in [2.45, 2.75) is 32.0 Å². The molecule has 1 heterocycles. The molecule has 18 heavy (non-hydrogen) atoms. The second-order valence-corrected chi connectivity index (χ2v) is 4.97. The predicted molar refractivity (Wildman–Crippen MR) is 66.3 cm³/mol. The molecule has 1 aliphatic heterocycles. The van der Waals surface area contributed by atoms with E-state index in [2.05, 4.69) is 0 Å². The number of ether oxygens (including phenoxy) is 1. The first kappa shape index (κ1) is 14.9. The average molecular weight is 258 g/mol. The predicted octanol–water partition coefficient (Wildman–Crippen LogP) is 0.0287. The van der Waals surface area contributed by atoms with Crippen LogP contribution in [0.2, 0.25) is 0 Å². The highest BCUT2D eigenvalue weighted by molar-refractivity contribution is 5.84. The number of likely N-dealkylation sites (N-methyl/N-ethyl adjacent to an activating group) is 1. The number of carbonyl (C=O) groups is 2. The summed E-state index contributed by atoms with van der Waals surface area (Å²) in [4.78, 5) is 26.2. The van der Waals surface area contributed by atoms with E-state index in [1.165, 1.54) is 4.90 Å². The summed E-state index contributed by atoms with van der Waals surface area (Å²) in [6.45, 7) is 2.71. The molecular weight excluding hydrogens is 236 g/mol. The number of carbonyl (C=O) groups excluding carboxylic acids is 1. The molecule has 0 aromatic heterocycles. The number of carboxylic acids is 1. The van der Waals surface area contributed by atoms with E-state index in [9.17, 15) is 9.59 Å². The molecule has 104 valence electrons. The van der Waals surface area contributed by atoms with Crippen LogP contribution in [-0.2, 0) is 14.3 Å². The first-order valence-corrected chi connectivity index (χ1v) is 6.21. The normalized spacial score (nSPS) is 23.3. The fourth-order valence-electron chi connectivity index (χ4n) is 1.94. The smallest absolute Gasteiger partial charge is 0.323 e. The molecular formula is C12H22N2O4. The van der Waals surface area contributed by atoms with E-state index in [-0.39, 0.29) is 18.6 Å². The van der Waals surface area contributed by atoms with Gasteiger partial charge >= 0.3 is 5.97 Å². The average Bonchev–Trinajstić information content (AvgIpc) is 2.69. The molecule has 6 nitrogen and oxygen atoms in total. The third kappa shape index (κ3) is 4.62. The molecule has 0 saturated carbocycles. The lowest BCUT2D eigenvalue weighted by atomic mass is 10.2. The molecule has 2 atom stereocenters. The molecule has 6 heteroatoms. The quantitative estimate of drug-likeness (QED) is 0.728. The lowest BCUT2D eigenvalue weighted by molar-refractivity contribution is -0.150. The first-order valence-electron chi connectivity index (χ1n) is 6.21. The Bertz CT molecular complexity index is 306. The molecule has 0 aromatic carbocycles. The Balaban J connectivity index is 2.57. The van der Waals surface area contributed by atoms with E-state index in [1.54, 1.807) is 0 Å². The molecule has 1 fully saturated rings. The summed E-state index contributed by atoms with van der Waals surface area (Å²) < 4.78 is 5.49. The zero-order chi connectivity index (χ0) is 13.7. The van der Waals surface area contributed by atoms with Gasteiger partial charge in [0.25, 0.3) is 5.91 Å². The maximum absolute atomic E-state index is 12.2. The molecule has 2 unspecified atom stereocenters. The Morgan fingerprint density at radius 2 is 1.94 bits per heavy atom. The van der Waals surface area contributed by atoms with Crippen LogP contribution < -0.4 is 0 Å². The molecule has 0 bridgehead atoms. The summed E-state index contributed by atoms with van der Waals surface area (Å²) in [6.07, 6.45) is 1.14. The number of rotatable bonds is 6. The van der Waals surface area contributed by atoms with Gasteiger partial charge < -0.3 is 19.6 Å². The summed E-state index contributed by atoms with van der Waals surface area (Å²) in [5.74, 6) is -1.20. The van der Waals surface area contributed by atoms with Crippen LogP contribution in [0.1, 0.15) is 19.8 Å². The largest absolute Gasteiger partial charge is 0.480 e. The van der Waals surface area contributed by atoms with Crippen LogP contribution in [0.15, 0.2) is 0 Å². The summed E-state index contributed by atoms with van der Waals surface area (Å²) in [5.41, 5.74) is 0. The fourth-order valence-corrected chi connectivity index (χ4v) is 1.94. The highest BCUT2D eigenvalue weighted by atomic mass is 16.5. The zero-order valence-electron chi connectivity index (χ0n) is 11.3. The number of carboxylic acid groups (broad SMARTS) is 1. The van der Waals surface area contributed by atoms with Crippen LogP contribution in [0.3, 0.4) is 0 Å². The molecule has 0 aromatic rings. The van der Waals surface area contributed by atoms with Gasteiger partial charge in [-0.15, -0.1) is 0 Å².